The third-order valence-corrected chi connectivity index (χ3v) is 1.46. The third-order valence-electron chi connectivity index (χ3n) is 1.46. The Bertz CT molecular complexity index is 311. The number of hydrogen-bond acceptors (Lipinski definition) is 3. The molecule has 1 heterocycles. The van der Waals surface area contributed by atoms with Gasteiger partial charge in [0.25, 0.3) is 0 Å². The molecule has 0 aromatic carbocycles. The lowest BCUT2D eigenvalue weighted by atomic mass is 10.2. The van der Waals surface area contributed by atoms with Gasteiger partial charge in [-0.25, -0.2) is 0 Å². The number of hydrogen-bond donors (Lipinski definition) is 2. The van der Waals surface area contributed by atoms with E-state index in [1.54, 1.807) is 0 Å². The fourth-order valence-electron chi connectivity index (χ4n) is 0.841. The standard InChI is InChI=1S/C7H7F3N2O/c8-7(9,10)5-1-4(3-13)12-2-6(5)11/h1-2,13H,3,11H2. The zero-order valence-electron chi connectivity index (χ0n) is 6.47. The molecule has 0 saturated heterocycles. The van der Waals surface area contributed by atoms with Crippen LogP contribution in [0.25, 0.3) is 0 Å². The van der Waals surface area contributed by atoms with E-state index in [1.165, 1.54) is 0 Å². The van der Waals surface area contributed by atoms with E-state index >= 15 is 0 Å². The zero-order chi connectivity index (χ0) is 10.1. The van der Waals surface area contributed by atoms with Crippen molar-refractivity contribution in [2.45, 2.75) is 12.8 Å². The number of aliphatic hydroxyl groups excluding tert-OH is 1. The number of pyridine rings is 1. The van der Waals surface area contributed by atoms with Crippen LogP contribution in [0.5, 0.6) is 0 Å². The van der Waals surface area contributed by atoms with Gasteiger partial charge in [0.2, 0.25) is 0 Å². The van der Waals surface area contributed by atoms with Crippen LogP contribution in [0, 0.1) is 0 Å². The Balaban J connectivity index is 3.19. The van der Waals surface area contributed by atoms with Crippen molar-refractivity contribution in [3.8, 4) is 0 Å². The first-order chi connectivity index (χ1) is 5.95. The van der Waals surface area contributed by atoms with Crippen LogP contribution in [-0.2, 0) is 12.8 Å². The second-order valence-corrected chi connectivity index (χ2v) is 2.42. The van der Waals surface area contributed by atoms with Crippen molar-refractivity contribution >= 4 is 5.69 Å². The molecule has 0 amide bonds. The van der Waals surface area contributed by atoms with Gasteiger partial charge < -0.3 is 10.8 Å². The predicted octanol–water partition coefficient (Wildman–Crippen LogP) is 1.17. The number of aliphatic hydroxyl groups is 1. The van der Waals surface area contributed by atoms with Crippen molar-refractivity contribution in [2.75, 3.05) is 5.73 Å². The summed E-state index contributed by atoms with van der Waals surface area (Å²) in [4.78, 5) is 3.50. The van der Waals surface area contributed by atoms with Crippen LogP contribution in [0.3, 0.4) is 0 Å². The maximum Gasteiger partial charge on any atom is 0.418 e. The third kappa shape index (κ3) is 2.09. The summed E-state index contributed by atoms with van der Waals surface area (Å²) < 4.78 is 36.5. The summed E-state index contributed by atoms with van der Waals surface area (Å²) >= 11 is 0. The SMILES string of the molecule is Nc1cnc(CO)cc1C(F)(F)F. The van der Waals surface area contributed by atoms with Crippen molar-refractivity contribution in [1.29, 1.82) is 0 Å². The average Bonchev–Trinajstić information content (AvgIpc) is 2.03. The highest BCUT2D eigenvalue weighted by Gasteiger charge is 2.33. The van der Waals surface area contributed by atoms with E-state index in [9.17, 15) is 13.2 Å². The molecule has 1 aromatic rings. The molecular formula is C7H7F3N2O. The number of nitrogens with two attached hydrogens (primary N) is 1. The normalized spacial score (nSPS) is 11.7. The van der Waals surface area contributed by atoms with Crippen molar-refractivity contribution < 1.29 is 18.3 Å². The Hall–Kier alpha value is -1.30. The Morgan fingerprint density at radius 3 is 2.54 bits per heavy atom. The second kappa shape index (κ2) is 3.21. The van der Waals surface area contributed by atoms with Crippen molar-refractivity contribution in [3.63, 3.8) is 0 Å². The highest BCUT2D eigenvalue weighted by molar-refractivity contribution is 5.46. The van der Waals surface area contributed by atoms with Crippen LogP contribution in [-0.4, -0.2) is 10.1 Å². The van der Waals surface area contributed by atoms with Gasteiger partial charge in [0, 0.05) is 0 Å². The van der Waals surface area contributed by atoms with E-state index in [0.29, 0.717) is 0 Å². The van der Waals surface area contributed by atoms with Gasteiger partial charge in [-0.1, -0.05) is 0 Å². The average molecular weight is 192 g/mol. The predicted molar refractivity (Wildman–Crippen MR) is 39.6 cm³/mol. The largest absolute Gasteiger partial charge is 0.418 e. The number of alkyl halides is 3. The van der Waals surface area contributed by atoms with Gasteiger partial charge in [-0.3, -0.25) is 4.98 Å². The lowest BCUT2D eigenvalue weighted by Gasteiger charge is -2.09. The summed E-state index contributed by atoms with van der Waals surface area (Å²) in [6, 6.07) is 0.731. The molecular weight excluding hydrogens is 185 g/mol. The molecule has 0 aliphatic rings. The van der Waals surface area contributed by atoms with E-state index in [4.69, 9.17) is 10.8 Å². The van der Waals surface area contributed by atoms with Gasteiger partial charge in [-0.15, -0.1) is 0 Å². The fraction of sp³-hybridized carbons (Fsp3) is 0.286. The molecule has 0 saturated carbocycles. The highest BCUT2D eigenvalue weighted by atomic mass is 19.4. The van der Waals surface area contributed by atoms with Crippen LogP contribution >= 0.6 is 0 Å². The molecule has 0 fully saturated rings. The van der Waals surface area contributed by atoms with Gasteiger partial charge >= 0.3 is 6.18 Å². The van der Waals surface area contributed by atoms with E-state index in [2.05, 4.69) is 4.98 Å². The van der Waals surface area contributed by atoms with Gasteiger partial charge in [0.15, 0.2) is 0 Å². The molecule has 1 aromatic heterocycles. The van der Waals surface area contributed by atoms with Crippen LogP contribution in [0.15, 0.2) is 12.3 Å². The maximum atomic E-state index is 12.2. The molecule has 0 aliphatic heterocycles. The molecule has 0 spiro atoms. The molecule has 0 unspecified atom stereocenters. The first kappa shape index (κ1) is 9.79. The molecule has 0 aliphatic carbocycles. The quantitative estimate of drug-likeness (QED) is 0.702. The summed E-state index contributed by atoms with van der Waals surface area (Å²) in [6.45, 7) is -0.538. The van der Waals surface area contributed by atoms with Crippen molar-refractivity contribution in [2.24, 2.45) is 0 Å². The van der Waals surface area contributed by atoms with Crippen molar-refractivity contribution in [1.82, 2.24) is 4.98 Å². The first-order valence-corrected chi connectivity index (χ1v) is 3.37. The molecule has 13 heavy (non-hydrogen) atoms. The molecule has 1 rings (SSSR count). The topological polar surface area (TPSA) is 59.1 Å². The van der Waals surface area contributed by atoms with Gasteiger partial charge in [0.05, 0.1) is 29.7 Å². The lowest BCUT2D eigenvalue weighted by molar-refractivity contribution is -0.137. The Labute approximate surface area is 72.0 Å². The minimum absolute atomic E-state index is 0.0541. The molecule has 3 N–H and O–H groups in total. The van der Waals surface area contributed by atoms with Crippen LogP contribution < -0.4 is 5.73 Å². The molecule has 6 heteroatoms. The van der Waals surface area contributed by atoms with Gasteiger partial charge in [-0.2, -0.15) is 13.2 Å². The summed E-state index contributed by atoms with van der Waals surface area (Å²) in [5.41, 5.74) is 3.61. The van der Waals surface area contributed by atoms with Crippen LogP contribution in [0.1, 0.15) is 11.3 Å². The minimum atomic E-state index is -4.50. The van der Waals surface area contributed by atoms with E-state index in [1.807, 2.05) is 0 Å². The van der Waals surface area contributed by atoms with E-state index in [-0.39, 0.29) is 5.69 Å². The number of nitrogen functional groups attached to an aromatic ring is 1. The Morgan fingerprint density at radius 2 is 2.08 bits per heavy atom. The molecule has 0 bridgehead atoms. The van der Waals surface area contributed by atoms with Crippen LogP contribution in [0.4, 0.5) is 18.9 Å². The van der Waals surface area contributed by atoms with Gasteiger partial charge in [0.1, 0.15) is 0 Å². The van der Waals surface area contributed by atoms with Crippen molar-refractivity contribution in [3.05, 3.63) is 23.5 Å². The maximum absolute atomic E-state index is 12.2. The number of anilines is 1. The zero-order valence-corrected chi connectivity index (χ0v) is 6.47. The first-order valence-electron chi connectivity index (χ1n) is 3.37. The summed E-state index contributed by atoms with van der Waals surface area (Å²) in [5, 5.41) is 8.55. The number of nitrogens with zero attached hydrogens (tertiary/aromatic N) is 1. The molecule has 0 atom stereocenters. The summed E-state index contributed by atoms with van der Waals surface area (Å²) in [7, 11) is 0. The Morgan fingerprint density at radius 1 is 1.46 bits per heavy atom. The highest BCUT2D eigenvalue weighted by Crippen LogP contribution is 2.33. The number of rotatable bonds is 1. The monoisotopic (exact) mass is 192 g/mol. The van der Waals surface area contributed by atoms with Crippen LogP contribution in [0.2, 0.25) is 0 Å². The van der Waals surface area contributed by atoms with E-state index < -0.39 is 24.0 Å². The number of halogens is 3. The second-order valence-electron chi connectivity index (χ2n) is 2.42. The molecule has 0 radical (unpaired) electrons. The number of aromatic nitrogens is 1. The summed E-state index contributed by atoms with van der Waals surface area (Å²) in [6.07, 6.45) is -3.62. The lowest BCUT2D eigenvalue weighted by Crippen LogP contribution is -2.10. The van der Waals surface area contributed by atoms with Gasteiger partial charge in [-0.05, 0) is 6.07 Å². The smallest absolute Gasteiger partial charge is 0.397 e. The summed E-state index contributed by atoms with van der Waals surface area (Å²) in [5.74, 6) is 0. The minimum Gasteiger partial charge on any atom is -0.397 e. The molecule has 3 nitrogen and oxygen atoms in total. The fourth-order valence-corrected chi connectivity index (χ4v) is 0.841. The molecule has 72 valence electrons. The van der Waals surface area contributed by atoms with E-state index in [0.717, 1.165) is 12.3 Å². The Kier molecular flexibility index (Phi) is 2.42.